The van der Waals surface area contributed by atoms with Gasteiger partial charge in [-0.1, -0.05) is 40.9 Å². The Morgan fingerprint density at radius 1 is 1.20 bits per heavy atom. The van der Waals surface area contributed by atoms with Gasteiger partial charge in [-0.2, -0.15) is 0 Å². The molecule has 0 aliphatic carbocycles. The number of aryl methyl sites for hydroxylation is 1. The Labute approximate surface area is 101 Å². The maximum Gasteiger partial charge on any atom is 0.285 e. The summed E-state index contributed by atoms with van der Waals surface area (Å²) in [7, 11) is 0. The summed E-state index contributed by atoms with van der Waals surface area (Å²) in [5.41, 5.74) is 1.65. The SMILES string of the molecule is Cc1ccc(-n2sc(Cl)c(Cl)c2=O)cc1. The smallest absolute Gasteiger partial charge is 0.266 e. The summed E-state index contributed by atoms with van der Waals surface area (Å²) >= 11 is 12.6. The lowest BCUT2D eigenvalue weighted by molar-refractivity contribution is 1.13. The summed E-state index contributed by atoms with van der Waals surface area (Å²) in [5.74, 6) is 0. The van der Waals surface area contributed by atoms with Crippen molar-refractivity contribution in [2.45, 2.75) is 6.92 Å². The van der Waals surface area contributed by atoms with E-state index in [0.717, 1.165) is 22.8 Å². The molecule has 1 heterocycles. The molecule has 0 saturated carbocycles. The Bertz CT molecular complexity index is 542. The molecule has 0 spiro atoms. The van der Waals surface area contributed by atoms with E-state index in [1.165, 1.54) is 3.96 Å². The molecule has 0 N–H and O–H groups in total. The zero-order valence-electron chi connectivity index (χ0n) is 7.83. The zero-order chi connectivity index (χ0) is 11.0. The molecule has 2 aromatic rings. The molecule has 0 radical (unpaired) electrons. The summed E-state index contributed by atoms with van der Waals surface area (Å²) in [6.45, 7) is 1.99. The van der Waals surface area contributed by atoms with E-state index in [-0.39, 0.29) is 10.6 Å². The molecular weight excluding hydrogens is 253 g/mol. The number of aromatic nitrogens is 1. The van der Waals surface area contributed by atoms with E-state index in [1.54, 1.807) is 0 Å². The lowest BCUT2D eigenvalue weighted by Gasteiger charge is -1.99. The number of halogens is 2. The molecule has 2 nitrogen and oxygen atoms in total. The van der Waals surface area contributed by atoms with Crippen LogP contribution in [0.3, 0.4) is 0 Å². The third-order valence-corrected chi connectivity index (χ3v) is 3.86. The second-order valence-corrected chi connectivity index (χ2v) is 5.05. The molecule has 0 aliphatic rings. The Hall–Kier alpha value is -0.770. The number of rotatable bonds is 1. The van der Waals surface area contributed by atoms with Crippen LogP contribution in [0.5, 0.6) is 0 Å². The first kappa shape index (κ1) is 10.7. The molecule has 1 aromatic heterocycles. The third-order valence-electron chi connectivity index (χ3n) is 1.98. The van der Waals surface area contributed by atoms with Crippen LogP contribution < -0.4 is 5.56 Å². The highest BCUT2D eigenvalue weighted by Gasteiger charge is 2.11. The van der Waals surface area contributed by atoms with Crippen molar-refractivity contribution in [2.75, 3.05) is 0 Å². The molecule has 0 amide bonds. The number of benzene rings is 1. The van der Waals surface area contributed by atoms with Crippen LogP contribution in [0.2, 0.25) is 9.36 Å². The molecule has 15 heavy (non-hydrogen) atoms. The minimum Gasteiger partial charge on any atom is -0.266 e. The highest BCUT2D eigenvalue weighted by Crippen LogP contribution is 2.25. The third kappa shape index (κ3) is 1.95. The van der Waals surface area contributed by atoms with Gasteiger partial charge in [0, 0.05) is 0 Å². The van der Waals surface area contributed by atoms with E-state index >= 15 is 0 Å². The molecule has 1 aromatic carbocycles. The van der Waals surface area contributed by atoms with Crippen LogP contribution >= 0.6 is 34.7 Å². The predicted octanol–water partition coefficient (Wildman–Crippen LogP) is 3.51. The highest BCUT2D eigenvalue weighted by molar-refractivity contribution is 7.12. The number of nitrogens with zero attached hydrogens (tertiary/aromatic N) is 1. The largest absolute Gasteiger partial charge is 0.285 e. The van der Waals surface area contributed by atoms with Crippen molar-refractivity contribution in [1.29, 1.82) is 0 Å². The monoisotopic (exact) mass is 259 g/mol. The normalized spacial score (nSPS) is 10.6. The quantitative estimate of drug-likeness (QED) is 0.769. The van der Waals surface area contributed by atoms with Crippen LogP contribution in [-0.4, -0.2) is 3.96 Å². The molecule has 0 atom stereocenters. The van der Waals surface area contributed by atoms with Gasteiger partial charge in [-0.3, -0.25) is 4.79 Å². The van der Waals surface area contributed by atoms with Crippen LogP contribution in [0.15, 0.2) is 29.1 Å². The van der Waals surface area contributed by atoms with Gasteiger partial charge in [-0.25, -0.2) is 3.96 Å². The lowest BCUT2D eigenvalue weighted by atomic mass is 10.2. The second-order valence-electron chi connectivity index (χ2n) is 3.11. The first-order chi connectivity index (χ1) is 7.09. The van der Waals surface area contributed by atoms with E-state index in [4.69, 9.17) is 23.2 Å². The predicted molar refractivity (Wildman–Crippen MR) is 64.7 cm³/mol. The first-order valence-corrected chi connectivity index (χ1v) is 5.77. The molecule has 0 aliphatic heterocycles. The van der Waals surface area contributed by atoms with E-state index < -0.39 is 0 Å². The fourth-order valence-corrected chi connectivity index (χ4v) is 2.44. The Kier molecular flexibility index (Phi) is 2.87. The fourth-order valence-electron chi connectivity index (χ4n) is 1.19. The minimum absolute atomic E-state index is 0.0854. The summed E-state index contributed by atoms with van der Waals surface area (Å²) in [5, 5.41) is 0.0854. The second kappa shape index (κ2) is 4.00. The van der Waals surface area contributed by atoms with Crippen molar-refractivity contribution < 1.29 is 0 Å². The van der Waals surface area contributed by atoms with Crippen LogP contribution in [0.25, 0.3) is 5.69 Å². The van der Waals surface area contributed by atoms with Crippen molar-refractivity contribution in [3.63, 3.8) is 0 Å². The summed E-state index contributed by atoms with van der Waals surface area (Å²) < 4.78 is 1.80. The molecule has 2 rings (SSSR count). The van der Waals surface area contributed by atoms with Gasteiger partial charge in [0.05, 0.1) is 5.69 Å². The lowest BCUT2D eigenvalue weighted by Crippen LogP contribution is -2.10. The number of hydrogen-bond donors (Lipinski definition) is 0. The maximum atomic E-state index is 11.6. The molecule has 0 bridgehead atoms. The van der Waals surface area contributed by atoms with Gasteiger partial charge < -0.3 is 0 Å². The summed E-state index contributed by atoms with van der Waals surface area (Å²) in [6, 6.07) is 7.59. The molecule has 78 valence electrons. The van der Waals surface area contributed by atoms with Crippen molar-refractivity contribution >= 4 is 34.7 Å². The maximum absolute atomic E-state index is 11.6. The molecular formula is C10H7Cl2NOS. The molecule has 0 fully saturated rings. The Balaban J connectivity index is 2.59. The van der Waals surface area contributed by atoms with Gasteiger partial charge >= 0.3 is 0 Å². The van der Waals surface area contributed by atoms with Gasteiger partial charge in [0.1, 0.15) is 9.36 Å². The van der Waals surface area contributed by atoms with Gasteiger partial charge in [0.25, 0.3) is 5.56 Å². The molecule has 5 heteroatoms. The van der Waals surface area contributed by atoms with Gasteiger partial charge in [0.2, 0.25) is 0 Å². The average molecular weight is 260 g/mol. The van der Waals surface area contributed by atoms with Crippen LogP contribution in [0.1, 0.15) is 5.56 Å². The highest BCUT2D eigenvalue weighted by atomic mass is 35.5. The minimum atomic E-state index is -0.268. The van der Waals surface area contributed by atoms with Gasteiger partial charge in [-0.15, -0.1) is 0 Å². The zero-order valence-corrected chi connectivity index (χ0v) is 10.2. The van der Waals surface area contributed by atoms with Crippen LogP contribution in [0.4, 0.5) is 0 Å². The van der Waals surface area contributed by atoms with E-state index in [9.17, 15) is 4.79 Å². The van der Waals surface area contributed by atoms with Crippen molar-refractivity contribution in [2.24, 2.45) is 0 Å². The summed E-state index contributed by atoms with van der Waals surface area (Å²) in [6.07, 6.45) is 0. The Morgan fingerprint density at radius 3 is 2.27 bits per heavy atom. The van der Waals surface area contributed by atoms with Crippen LogP contribution in [0, 0.1) is 6.92 Å². The average Bonchev–Trinajstić information content (AvgIpc) is 2.47. The van der Waals surface area contributed by atoms with Gasteiger partial charge in [-0.05, 0) is 30.6 Å². The number of hydrogen-bond acceptors (Lipinski definition) is 2. The van der Waals surface area contributed by atoms with Crippen molar-refractivity contribution in [3.05, 3.63) is 49.5 Å². The van der Waals surface area contributed by atoms with E-state index in [1.807, 2.05) is 31.2 Å². The molecule has 0 saturated heterocycles. The fraction of sp³-hybridized carbons (Fsp3) is 0.100. The van der Waals surface area contributed by atoms with E-state index in [0.29, 0.717) is 4.34 Å². The van der Waals surface area contributed by atoms with Crippen molar-refractivity contribution in [1.82, 2.24) is 3.96 Å². The van der Waals surface area contributed by atoms with Crippen molar-refractivity contribution in [3.8, 4) is 5.69 Å². The molecule has 0 unspecified atom stereocenters. The first-order valence-electron chi connectivity index (χ1n) is 4.24. The van der Waals surface area contributed by atoms with E-state index in [2.05, 4.69) is 0 Å². The summed E-state index contributed by atoms with van der Waals surface area (Å²) in [4.78, 5) is 11.6. The van der Waals surface area contributed by atoms with Crippen LogP contribution in [-0.2, 0) is 0 Å². The van der Waals surface area contributed by atoms with Gasteiger partial charge in [0.15, 0.2) is 0 Å². The Morgan fingerprint density at radius 2 is 1.80 bits per heavy atom. The standard InChI is InChI=1S/C10H7Cl2NOS/c1-6-2-4-7(5-3-6)13-10(14)8(11)9(12)15-13/h2-5H,1H3. The topological polar surface area (TPSA) is 22.0 Å².